The van der Waals surface area contributed by atoms with Crippen molar-refractivity contribution < 1.29 is 19.1 Å². The van der Waals surface area contributed by atoms with Crippen LogP contribution in [0.2, 0.25) is 0 Å². The molecule has 2 aliphatic rings. The highest BCUT2D eigenvalue weighted by molar-refractivity contribution is 5.98. The third-order valence-corrected chi connectivity index (χ3v) is 4.83. The van der Waals surface area contributed by atoms with Crippen LogP contribution >= 0.6 is 0 Å². The van der Waals surface area contributed by atoms with Gasteiger partial charge in [-0.25, -0.2) is 4.79 Å². The average molecular weight is 387 g/mol. The van der Waals surface area contributed by atoms with Crippen molar-refractivity contribution in [3.63, 3.8) is 0 Å². The topological polar surface area (TPSA) is 87.7 Å². The minimum absolute atomic E-state index is 0.00284. The van der Waals surface area contributed by atoms with Gasteiger partial charge in [-0.1, -0.05) is 6.07 Å². The largest absolute Gasteiger partial charge is 0.444 e. The second-order valence-electron chi connectivity index (χ2n) is 8.56. The normalized spacial score (nSPS) is 17.8. The number of nitrogens with one attached hydrogen (secondary N) is 2. The highest BCUT2D eigenvalue weighted by Gasteiger charge is 2.30. The van der Waals surface area contributed by atoms with Crippen LogP contribution in [-0.2, 0) is 9.53 Å². The van der Waals surface area contributed by atoms with Gasteiger partial charge in [-0.3, -0.25) is 9.59 Å². The number of carbonyl (C=O) groups is 3. The van der Waals surface area contributed by atoms with E-state index in [0.29, 0.717) is 37.2 Å². The molecule has 152 valence electrons. The van der Waals surface area contributed by atoms with E-state index >= 15 is 0 Å². The number of anilines is 1. The number of hydrogen-bond acceptors (Lipinski definition) is 4. The third kappa shape index (κ3) is 5.71. The van der Waals surface area contributed by atoms with Crippen LogP contribution in [0.5, 0.6) is 0 Å². The second kappa shape index (κ2) is 8.20. The van der Waals surface area contributed by atoms with Gasteiger partial charge in [-0.2, -0.15) is 0 Å². The molecule has 1 aliphatic heterocycles. The van der Waals surface area contributed by atoms with E-state index in [1.54, 1.807) is 29.2 Å². The van der Waals surface area contributed by atoms with E-state index in [4.69, 9.17) is 4.74 Å². The fourth-order valence-electron chi connectivity index (χ4n) is 3.20. The van der Waals surface area contributed by atoms with Gasteiger partial charge in [-0.05, 0) is 64.7 Å². The molecule has 0 atom stereocenters. The summed E-state index contributed by atoms with van der Waals surface area (Å²) in [6.07, 6.45) is 2.83. The molecule has 1 saturated heterocycles. The molecule has 1 aromatic rings. The Bertz CT molecular complexity index is 744. The van der Waals surface area contributed by atoms with Crippen LogP contribution < -0.4 is 10.6 Å². The van der Waals surface area contributed by atoms with Crippen LogP contribution in [0, 0.1) is 5.92 Å². The molecule has 3 rings (SSSR count). The Morgan fingerprint density at radius 2 is 1.75 bits per heavy atom. The first-order chi connectivity index (χ1) is 13.2. The smallest absolute Gasteiger partial charge is 0.407 e. The summed E-state index contributed by atoms with van der Waals surface area (Å²) < 4.78 is 5.28. The summed E-state index contributed by atoms with van der Waals surface area (Å²) in [6.45, 7) is 6.62. The van der Waals surface area contributed by atoms with Crippen molar-refractivity contribution in [1.29, 1.82) is 0 Å². The third-order valence-electron chi connectivity index (χ3n) is 4.83. The van der Waals surface area contributed by atoms with E-state index in [9.17, 15) is 14.4 Å². The van der Waals surface area contributed by atoms with Crippen molar-refractivity contribution in [3.8, 4) is 0 Å². The Morgan fingerprint density at radius 1 is 1.07 bits per heavy atom. The Kier molecular flexibility index (Phi) is 5.91. The maximum atomic E-state index is 12.8. The number of rotatable bonds is 4. The average Bonchev–Trinajstić information content (AvgIpc) is 3.45. The SMILES string of the molecule is CC(C)(C)OC(=O)NC1CCN(C(=O)c2cccc(NC(=O)C3CC3)c2)CC1. The van der Waals surface area contributed by atoms with Gasteiger partial charge < -0.3 is 20.3 Å². The summed E-state index contributed by atoms with van der Waals surface area (Å²) >= 11 is 0. The van der Waals surface area contributed by atoms with Crippen molar-refractivity contribution in [2.24, 2.45) is 5.92 Å². The van der Waals surface area contributed by atoms with Crippen molar-refractivity contribution in [2.75, 3.05) is 18.4 Å². The summed E-state index contributed by atoms with van der Waals surface area (Å²) in [5.74, 6) is 0.0905. The molecule has 1 saturated carbocycles. The molecule has 2 N–H and O–H groups in total. The molecule has 7 nitrogen and oxygen atoms in total. The molecule has 28 heavy (non-hydrogen) atoms. The molecule has 0 spiro atoms. The van der Waals surface area contributed by atoms with Crippen molar-refractivity contribution in [3.05, 3.63) is 29.8 Å². The lowest BCUT2D eigenvalue weighted by molar-refractivity contribution is -0.117. The number of likely N-dealkylation sites (tertiary alicyclic amines) is 1. The molecule has 0 aromatic heterocycles. The van der Waals surface area contributed by atoms with Crippen LogP contribution in [0.25, 0.3) is 0 Å². The van der Waals surface area contributed by atoms with E-state index in [1.807, 2.05) is 20.8 Å². The molecule has 1 heterocycles. The summed E-state index contributed by atoms with van der Waals surface area (Å²) in [4.78, 5) is 38.4. The Labute approximate surface area is 165 Å². The van der Waals surface area contributed by atoms with E-state index < -0.39 is 11.7 Å². The van der Waals surface area contributed by atoms with Gasteiger partial charge in [0.15, 0.2) is 0 Å². The number of alkyl carbamates (subject to hydrolysis) is 1. The van der Waals surface area contributed by atoms with E-state index in [0.717, 1.165) is 12.8 Å². The van der Waals surface area contributed by atoms with E-state index in [1.165, 1.54) is 0 Å². The number of piperidine rings is 1. The highest BCUT2D eigenvalue weighted by Crippen LogP contribution is 2.30. The fraction of sp³-hybridized carbons (Fsp3) is 0.571. The number of nitrogens with zero attached hydrogens (tertiary/aromatic N) is 1. The quantitative estimate of drug-likeness (QED) is 0.831. The first-order valence-electron chi connectivity index (χ1n) is 9.91. The second-order valence-corrected chi connectivity index (χ2v) is 8.56. The Hall–Kier alpha value is -2.57. The van der Waals surface area contributed by atoms with Crippen molar-refractivity contribution in [2.45, 2.75) is 58.1 Å². The lowest BCUT2D eigenvalue weighted by atomic mass is 10.0. The molecular weight excluding hydrogens is 358 g/mol. The zero-order valence-electron chi connectivity index (χ0n) is 16.8. The van der Waals surface area contributed by atoms with E-state index in [-0.39, 0.29) is 23.8 Å². The summed E-state index contributed by atoms with van der Waals surface area (Å²) in [5.41, 5.74) is 0.692. The molecule has 0 radical (unpaired) electrons. The Morgan fingerprint density at radius 3 is 2.36 bits per heavy atom. The van der Waals surface area contributed by atoms with Gasteiger partial charge in [0.2, 0.25) is 5.91 Å². The van der Waals surface area contributed by atoms with Gasteiger partial charge in [0.25, 0.3) is 5.91 Å². The molecule has 1 aliphatic carbocycles. The number of ether oxygens (including phenoxy) is 1. The molecule has 0 unspecified atom stereocenters. The van der Waals surface area contributed by atoms with Gasteiger partial charge in [0, 0.05) is 36.3 Å². The first kappa shape index (κ1) is 20.2. The maximum absolute atomic E-state index is 12.8. The summed E-state index contributed by atoms with van der Waals surface area (Å²) in [5, 5.41) is 5.75. The number of hydrogen-bond donors (Lipinski definition) is 2. The number of amides is 3. The predicted molar refractivity (Wildman–Crippen MR) is 106 cm³/mol. The van der Waals surface area contributed by atoms with Crippen LogP contribution in [0.3, 0.4) is 0 Å². The van der Waals surface area contributed by atoms with Gasteiger partial charge in [0.1, 0.15) is 5.60 Å². The summed E-state index contributed by atoms with van der Waals surface area (Å²) in [6, 6.07) is 7.08. The van der Waals surface area contributed by atoms with Crippen molar-refractivity contribution >= 4 is 23.6 Å². The van der Waals surface area contributed by atoms with Crippen molar-refractivity contribution in [1.82, 2.24) is 10.2 Å². The summed E-state index contributed by atoms with van der Waals surface area (Å²) in [7, 11) is 0. The van der Waals surface area contributed by atoms with Crippen LogP contribution in [0.15, 0.2) is 24.3 Å². The predicted octanol–water partition coefficient (Wildman–Crippen LogP) is 3.16. The molecule has 0 bridgehead atoms. The maximum Gasteiger partial charge on any atom is 0.407 e. The Balaban J connectivity index is 1.51. The molecule has 1 aromatic carbocycles. The first-order valence-corrected chi connectivity index (χ1v) is 9.91. The zero-order valence-corrected chi connectivity index (χ0v) is 16.8. The minimum Gasteiger partial charge on any atom is -0.444 e. The standard InChI is InChI=1S/C21H29N3O4/c1-21(2,3)28-20(27)23-16-9-11-24(12-10-16)19(26)15-5-4-6-17(13-15)22-18(25)14-7-8-14/h4-6,13-14,16H,7-12H2,1-3H3,(H,22,25)(H,23,27). The molecule has 2 fully saturated rings. The van der Waals surface area contributed by atoms with Crippen LogP contribution in [-0.4, -0.2) is 47.5 Å². The molecule has 7 heteroatoms. The van der Waals surface area contributed by atoms with Crippen LogP contribution in [0.1, 0.15) is 56.8 Å². The van der Waals surface area contributed by atoms with Gasteiger partial charge >= 0.3 is 6.09 Å². The number of carbonyl (C=O) groups excluding carboxylic acids is 3. The monoisotopic (exact) mass is 387 g/mol. The zero-order chi connectivity index (χ0) is 20.3. The molecule has 3 amide bonds. The van der Waals surface area contributed by atoms with Crippen LogP contribution in [0.4, 0.5) is 10.5 Å². The highest BCUT2D eigenvalue weighted by atomic mass is 16.6. The lowest BCUT2D eigenvalue weighted by Crippen LogP contribution is -2.47. The number of benzene rings is 1. The molecular formula is C21H29N3O4. The van der Waals surface area contributed by atoms with E-state index in [2.05, 4.69) is 10.6 Å². The minimum atomic E-state index is -0.527. The van der Waals surface area contributed by atoms with Gasteiger partial charge in [-0.15, -0.1) is 0 Å². The lowest BCUT2D eigenvalue weighted by Gasteiger charge is -2.33. The fourth-order valence-corrected chi connectivity index (χ4v) is 3.20. The van der Waals surface area contributed by atoms with Gasteiger partial charge in [0.05, 0.1) is 0 Å².